The Balaban J connectivity index is 1.77. The SMILES string of the molecule is CS(=O)c1nncn1Cc1nc(N)c2c3c(sc2n1)CCCC3. The molecule has 3 aromatic rings. The minimum absolute atomic E-state index is 0.366. The topological polar surface area (TPSA) is 99.6 Å². The summed E-state index contributed by atoms with van der Waals surface area (Å²) in [6.45, 7) is 0.366. The minimum Gasteiger partial charge on any atom is -0.383 e. The Kier molecular flexibility index (Phi) is 3.61. The lowest BCUT2D eigenvalue weighted by atomic mass is 9.97. The number of aryl methyl sites for hydroxylation is 2. The second-order valence-electron chi connectivity index (χ2n) is 5.61. The molecule has 1 aliphatic carbocycles. The molecule has 0 saturated carbocycles. The molecule has 0 saturated heterocycles. The largest absolute Gasteiger partial charge is 0.383 e. The second kappa shape index (κ2) is 5.64. The lowest BCUT2D eigenvalue weighted by Gasteiger charge is -2.11. The molecule has 0 bridgehead atoms. The van der Waals surface area contributed by atoms with Gasteiger partial charge in [-0.2, -0.15) is 0 Å². The summed E-state index contributed by atoms with van der Waals surface area (Å²) in [5, 5.41) is 9.13. The van der Waals surface area contributed by atoms with E-state index in [1.54, 1.807) is 28.5 Å². The summed E-state index contributed by atoms with van der Waals surface area (Å²) in [5.41, 5.74) is 7.54. The molecule has 0 fully saturated rings. The Bertz CT molecular complexity index is 916. The molecular weight excluding hydrogens is 332 g/mol. The summed E-state index contributed by atoms with van der Waals surface area (Å²) in [6.07, 6.45) is 7.72. The van der Waals surface area contributed by atoms with Gasteiger partial charge in [-0.1, -0.05) is 0 Å². The molecule has 3 aromatic heterocycles. The third-order valence-corrected chi connectivity index (χ3v) is 6.05. The Hall–Kier alpha value is -1.87. The number of hydrogen-bond donors (Lipinski definition) is 1. The number of aromatic nitrogens is 5. The van der Waals surface area contributed by atoms with Crippen molar-refractivity contribution in [3.05, 3.63) is 22.6 Å². The van der Waals surface area contributed by atoms with E-state index < -0.39 is 10.8 Å². The molecule has 0 aromatic carbocycles. The van der Waals surface area contributed by atoms with Crippen molar-refractivity contribution in [3.8, 4) is 0 Å². The molecule has 1 atom stereocenters. The summed E-state index contributed by atoms with van der Waals surface area (Å²) in [4.78, 5) is 11.5. The molecule has 0 spiro atoms. The highest BCUT2D eigenvalue weighted by atomic mass is 32.2. The molecule has 2 N–H and O–H groups in total. The van der Waals surface area contributed by atoms with Crippen molar-refractivity contribution < 1.29 is 4.21 Å². The first kappa shape index (κ1) is 14.7. The van der Waals surface area contributed by atoms with Gasteiger partial charge in [-0.25, -0.2) is 9.97 Å². The van der Waals surface area contributed by atoms with Gasteiger partial charge in [0.05, 0.1) is 22.7 Å². The molecule has 1 aliphatic rings. The van der Waals surface area contributed by atoms with Gasteiger partial charge < -0.3 is 5.73 Å². The van der Waals surface area contributed by atoms with Gasteiger partial charge in [0.2, 0.25) is 5.16 Å². The molecule has 0 amide bonds. The van der Waals surface area contributed by atoms with Crippen LogP contribution in [0.15, 0.2) is 11.5 Å². The van der Waals surface area contributed by atoms with E-state index in [9.17, 15) is 4.21 Å². The fraction of sp³-hybridized carbons (Fsp3) is 0.429. The molecule has 7 nitrogen and oxygen atoms in total. The van der Waals surface area contributed by atoms with Gasteiger partial charge >= 0.3 is 0 Å². The average molecular weight is 348 g/mol. The van der Waals surface area contributed by atoms with Crippen molar-refractivity contribution in [1.82, 2.24) is 24.7 Å². The lowest BCUT2D eigenvalue weighted by Crippen LogP contribution is -2.09. The maximum atomic E-state index is 11.7. The fourth-order valence-electron chi connectivity index (χ4n) is 3.03. The third kappa shape index (κ3) is 2.53. The van der Waals surface area contributed by atoms with Crippen LogP contribution in [-0.4, -0.2) is 35.2 Å². The molecule has 9 heteroatoms. The van der Waals surface area contributed by atoms with Crippen LogP contribution >= 0.6 is 11.3 Å². The van der Waals surface area contributed by atoms with E-state index >= 15 is 0 Å². The first-order valence-electron chi connectivity index (χ1n) is 7.41. The Morgan fingerprint density at radius 3 is 3.00 bits per heavy atom. The van der Waals surface area contributed by atoms with Gasteiger partial charge in [0.25, 0.3) is 0 Å². The van der Waals surface area contributed by atoms with Crippen LogP contribution in [0.4, 0.5) is 5.82 Å². The molecule has 3 heterocycles. The second-order valence-corrected chi connectivity index (χ2v) is 7.97. The van der Waals surface area contributed by atoms with Gasteiger partial charge in [-0.05, 0) is 31.2 Å². The van der Waals surface area contributed by atoms with E-state index in [4.69, 9.17) is 5.73 Å². The molecule has 120 valence electrons. The van der Waals surface area contributed by atoms with E-state index in [-0.39, 0.29) is 0 Å². The Morgan fingerprint density at radius 1 is 1.35 bits per heavy atom. The monoisotopic (exact) mass is 348 g/mol. The van der Waals surface area contributed by atoms with Gasteiger partial charge in [-0.15, -0.1) is 21.5 Å². The average Bonchev–Trinajstić information content (AvgIpc) is 3.10. The summed E-state index contributed by atoms with van der Waals surface area (Å²) < 4.78 is 13.4. The Morgan fingerprint density at radius 2 is 2.17 bits per heavy atom. The van der Waals surface area contributed by atoms with E-state index in [1.807, 2.05) is 0 Å². The van der Waals surface area contributed by atoms with E-state index in [1.165, 1.54) is 23.3 Å². The predicted molar refractivity (Wildman–Crippen MR) is 89.9 cm³/mol. The fourth-order valence-corrected chi connectivity index (χ4v) is 4.92. The molecule has 1 unspecified atom stereocenters. The van der Waals surface area contributed by atoms with Crippen LogP contribution in [0.3, 0.4) is 0 Å². The number of nitrogens with two attached hydrogens (primary N) is 1. The maximum absolute atomic E-state index is 11.7. The van der Waals surface area contributed by atoms with Crippen molar-refractivity contribution >= 4 is 38.2 Å². The zero-order chi connectivity index (χ0) is 16.0. The van der Waals surface area contributed by atoms with Crippen molar-refractivity contribution in [2.75, 3.05) is 12.0 Å². The third-order valence-electron chi connectivity index (χ3n) is 4.04. The number of nitrogen functional groups attached to an aromatic ring is 1. The zero-order valence-electron chi connectivity index (χ0n) is 12.7. The van der Waals surface area contributed by atoms with Gasteiger partial charge in [-0.3, -0.25) is 8.78 Å². The zero-order valence-corrected chi connectivity index (χ0v) is 14.3. The van der Waals surface area contributed by atoms with Gasteiger partial charge in [0.1, 0.15) is 17.0 Å². The van der Waals surface area contributed by atoms with E-state index in [2.05, 4.69) is 20.2 Å². The molecule has 0 radical (unpaired) electrons. The smallest absolute Gasteiger partial charge is 0.221 e. The summed E-state index contributed by atoms with van der Waals surface area (Å²) >= 11 is 1.72. The van der Waals surface area contributed by atoms with Crippen LogP contribution in [0.5, 0.6) is 0 Å². The van der Waals surface area contributed by atoms with Crippen LogP contribution < -0.4 is 5.73 Å². The van der Waals surface area contributed by atoms with E-state index in [0.717, 1.165) is 23.1 Å². The van der Waals surface area contributed by atoms with Crippen LogP contribution in [0.2, 0.25) is 0 Å². The number of nitrogens with zero attached hydrogens (tertiary/aromatic N) is 5. The molecule has 0 aliphatic heterocycles. The predicted octanol–water partition coefficient (Wildman–Crippen LogP) is 1.53. The molecule has 23 heavy (non-hydrogen) atoms. The Labute approximate surface area is 139 Å². The standard InChI is InChI=1S/C14H16N6OS2/c1-23(21)14-19-16-7-20(14)6-10-17-12(15)11-8-4-2-3-5-9(8)22-13(11)18-10/h7H,2-6H2,1H3,(H2,15,17,18). The first-order valence-corrected chi connectivity index (χ1v) is 9.79. The number of thiophene rings is 1. The van der Waals surface area contributed by atoms with Crippen LogP contribution in [0.25, 0.3) is 10.2 Å². The van der Waals surface area contributed by atoms with Crippen LogP contribution in [0, 0.1) is 0 Å². The highest BCUT2D eigenvalue weighted by Crippen LogP contribution is 2.37. The highest BCUT2D eigenvalue weighted by Gasteiger charge is 2.20. The first-order chi connectivity index (χ1) is 11.1. The number of fused-ring (bicyclic) bond motifs is 3. The quantitative estimate of drug-likeness (QED) is 0.770. The molecular formula is C14H16N6OS2. The van der Waals surface area contributed by atoms with Crippen molar-refractivity contribution in [2.45, 2.75) is 37.4 Å². The van der Waals surface area contributed by atoms with Crippen LogP contribution in [0.1, 0.15) is 29.1 Å². The highest BCUT2D eigenvalue weighted by molar-refractivity contribution is 7.84. The minimum atomic E-state index is -1.20. The molecule has 4 rings (SSSR count). The van der Waals surface area contributed by atoms with Gasteiger partial charge in [0, 0.05) is 11.1 Å². The van der Waals surface area contributed by atoms with Crippen molar-refractivity contribution in [2.24, 2.45) is 0 Å². The summed E-state index contributed by atoms with van der Waals surface area (Å²) in [7, 11) is -1.20. The van der Waals surface area contributed by atoms with Crippen LogP contribution in [-0.2, 0) is 30.2 Å². The van der Waals surface area contributed by atoms with Gasteiger partial charge in [0.15, 0.2) is 5.82 Å². The number of anilines is 1. The summed E-state index contributed by atoms with van der Waals surface area (Å²) in [5.74, 6) is 1.14. The van der Waals surface area contributed by atoms with Crippen molar-refractivity contribution in [1.29, 1.82) is 0 Å². The number of hydrogen-bond acceptors (Lipinski definition) is 7. The lowest BCUT2D eigenvalue weighted by molar-refractivity contribution is 0.642. The number of rotatable bonds is 3. The van der Waals surface area contributed by atoms with E-state index in [0.29, 0.717) is 23.3 Å². The van der Waals surface area contributed by atoms with Crippen molar-refractivity contribution in [3.63, 3.8) is 0 Å². The summed E-state index contributed by atoms with van der Waals surface area (Å²) in [6, 6.07) is 0. The maximum Gasteiger partial charge on any atom is 0.221 e. The normalized spacial score (nSPS) is 15.7.